The first-order valence-electron chi connectivity index (χ1n) is 9.14. The molecular weight excluding hydrogens is 286 g/mol. The van der Waals surface area contributed by atoms with E-state index in [2.05, 4.69) is 46.0 Å². The van der Waals surface area contributed by atoms with E-state index in [9.17, 15) is 0 Å². The van der Waals surface area contributed by atoms with Gasteiger partial charge < -0.3 is 14.5 Å². The molecular formula is C19H31N3O. The number of hydrogen-bond donors (Lipinski definition) is 0. The van der Waals surface area contributed by atoms with Crippen molar-refractivity contribution in [2.24, 2.45) is 0 Å². The molecule has 0 aliphatic carbocycles. The Kier molecular flexibility index (Phi) is 6.31. The molecule has 4 heteroatoms. The van der Waals surface area contributed by atoms with Gasteiger partial charge in [0.25, 0.3) is 0 Å². The maximum absolute atomic E-state index is 5.89. The van der Waals surface area contributed by atoms with Crippen LogP contribution in [0.3, 0.4) is 0 Å². The minimum atomic E-state index is 0.817. The van der Waals surface area contributed by atoms with Crippen molar-refractivity contribution < 1.29 is 4.74 Å². The van der Waals surface area contributed by atoms with Gasteiger partial charge in [-0.3, -0.25) is 4.90 Å². The predicted octanol–water partition coefficient (Wildman–Crippen LogP) is 2.30. The van der Waals surface area contributed by atoms with E-state index in [0.29, 0.717) is 0 Å². The van der Waals surface area contributed by atoms with Crippen LogP contribution < -0.4 is 4.74 Å². The number of nitrogens with zero attached hydrogens (tertiary/aromatic N) is 3. The van der Waals surface area contributed by atoms with Crippen LogP contribution >= 0.6 is 0 Å². The minimum Gasteiger partial charge on any atom is -0.494 e. The van der Waals surface area contributed by atoms with Gasteiger partial charge in [-0.25, -0.2) is 0 Å². The third kappa shape index (κ3) is 5.48. The second-order valence-electron chi connectivity index (χ2n) is 6.97. The molecule has 0 unspecified atom stereocenters. The maximum atomic E-state index is 5.89. The molecule has 0 bridgehead atoms. The van der Waals surface area contributed by atoms with Gasteiger partial charge in [0.1, 0.15) is 5.75 Å². The molecule has 0 saturated carbocycles. The Balaban J connectivity index is 1.32. The van der Waals surface area contributed by atoms with E-state index in [1.54, 1.807) is 0 Å². The molecule has 128 valence electrons. The Morgan fingerprint density at radius 1 is 0.870 bits per heavy atom. The molecule has 2 heterocycles. The van der Waals surface area contributed by atoms with Crippen molar-refractivity contribution in [3.05, 3.63) is 29.8 Å². The fraction of sp³-hybridized carbons (Fsp3) is 0.684. The molecule has 1 aromatic carbocycles. The molecule has 0 atom stereocenters. The first-order chi connectivity index (χ1) is 11.3. The first-order valence-corrected chi connectivity index (χ1v) is 9.14. The fourth-order valence-corrected chi connectivity index (χ4v) is 3.44. The standard InChI is InChI=1S/C19H31N3O/c1-20-12-14-21(15-13-20)11-4-16-23-19-7-5-18(6-8-19)17-22-9-2-3-10-22/h5-8H,2-4,9-17H2,1H3. The van der Waals surface area contributed by atoms with E-state index >= 15 is 0 Å². The third-order valence-corrected chi connectivity index (χ3v) is 5.01. The van der Waals surface area contributed by atoms with Crippen molar-refractivity contribution in [3.63, 3.8) is 0 Å². The molecule has 2 aliphatic heterocycles. The molecule has 2 fully saturated rings. The quantitative estimate of drug-likeness (QED) is 0.718. The summed E-state index contributed by atoms with van der Waals surface area (Å²) in [6, 6.07) is 8.69. The van der Waals surface area contributed by atoms with Crippen LogP contribution in [-0.2, 0) is 6.54 Å². The Labute approximate surface area is 141 Å². The molecule has 0 spiro atoms. The Bertz CT molecular complexity index is 448. The average Bonchev–Trinajstić information content (AvgIpc) is 3.08. The van der Waals surface area contributed by atoms with Crippen LogP contribution in [0.1, 0.15) is 24.8 Å². The summed E-state index contributed by atoms with van der Waals surface area (Å²) in [4.78, 5) is 7.48. The minimum absolute atomic E-state index is 0.817. The molecule has 2 saturated heterocycles. The number of hydrogen-bond acceptors (Lipinski definition) is 4. The molecule has 2 aliphatic rings. The van der Waals surface area contributed by atoms with Crippen LogP contribution in [-0.4, -0.2) is 74.2 Å². The van der Waals surface area contributed by atoms with E-state index < -0.39 is 0 Å². The van der Waals surface area contributed by atoms with E-state index in [-0.39, 0.29) is 0 Å². The molecule has 23 heavy (non-hydrogen) atoms. The summed E-state index contributed by atoms with van der Waals surface area (Å²) in [6.45, 7) is 10.3. The predicted molar refractivity (Wildman–Crippen MR) is 95.0 cm³/mol. The van der Waals surface area contributed by atoms with E-state index in [1.807, 2.05) is 0 Å². The van der Waals surface area contributed by atoms with E-state index in [0.717, 1.165) is 31.9 Å². The highest BCUT2D eigenvalue weighted by Gasteiger charge is 2.13. The fourth-order valence-electron chi connectivity index (χ4n) is 3.44. The summed E-state index contributed by atoms with van der Waals surface area (Å²) in [5.74, 6) is 1.01. The second kappa shape index (κ2) is 8.67. The normalized spacial score (nSPS) is 20.9. The van der Waals surface area contributed by atoms with Gasteiger partial charge in [0, 0.05) is 39.3 Å². The van der Waals surface area contributed by atoms with Crippen LogP contribution in [0.15, 0.2) is 24.3 Å². The monoisotopic (exact) mass is 317 g/mol. The van der Waals surface area contributed by atoms with E-state index in [4.69, 9.17) is 4.74 Å². The summed E-state index contributed by atoms with van der Waals surface area (Å²) in [7, 11) is 2.20. The third-order valence-electron chi connectivity index (χ3n) is 5.01. The zero-order chi connectivity index (χ0) is 15.9. The zero-order valence-electron chi connectivity index (χ0n) is 14.5. The smallest absolute Gasteiger partial charge is 0.119 e. The highest BCUT2D eigenvalue weighted by atomic mass is 16.5. The zero-order valence-corrected chi connectivity index (χ0v) is 14.5. The first kappa shape index (κ1) is 16.7. The molecule has 0 radical (unpaired) electrons. The van der Waals surface area contributed by atoms with Crippen LogP contribution in [0.5, 0.6) is 5.75 Å². The highest BCUT2D eigenvalue weighted by Crippen LogP contribution is 2.16. The van der Waals surface area contributed by atoms with Crippen molar-refractivity contribution in [1.29, 1.82) is 0 Å². The summed E-state index contributed by atoms with van der Waals surface area (Å²) in [6.07, 6.45) is 3.82. The lowest BCUT2D eigenvalue weighted by atomic mass is 10.2. The second-order valence-corrected chi connectivity index (χ2v) is 6.97. The molecule has 3 rings (SSSR count). The van der Waals surface area contributed by atoms with Gasteiger partial charge in [-0.1, -0.05) is 12.1 Å². The summed E-state index contributed by atoms with van der Waals surface area (Å²) < 4.78 is 5.89. The Hall–Kier alpha value is -1.10. The van der Waals surface area contributed by atoms with Gasteiger partial charge in [0.05, 0.1) is 6.61 Å². The van der Waals surface area contributed by atoms with Crippen molar-refractivity contribution in [1.82, 2.24) is 14.7 Å². The molecule has 0 N–H and O–H groups in total. The topological polar surface area (TPSA) is 19.0 Å². The van der Waals surface area contributed by atoms with Crippen LogP contribution in [0.4, 0.5) is 0 Å². The van der Waals surface area contributed by atoms with Gasteiger partial charge in [0.2, 0.25) is 0 Å². The van der Waals surface area contributed by atoms with Crippen LogP contribution in [0.25, 0.3) is 0 Å². The Morgan fingerprint density at radius 2 is 1.57 bits per heavy atom. The lowest BCUT2D eigenvalue weighted by Crippen LogP contribution is -2.44. The molecule has 0 amide bonds. The maximum Gasteiger partial charge on any atom is 0.119 e. The van der Waals surface area contributed by atoms with Gasteiger partial charge in [-0.2, -0.15) is 0 Å². The molecule has 4 nitrogen and oxygen atoms in total. The van der Waals surface area contributed by atoms with Crippen LogP contribution in [0.2, 0.25) is 0 Å². The van der Waals surface area contributed by atoms with Crippen molar-refractivity contribution in [2.75, 3.05) is 59.5 Å². The number of rotatable bonds is 7. The molecule has 1 aromatic rings. The van der Waals surface area contributed by atoms with Gasteiger partial charge in [0.15, 0.2) is 0 Å². The summed E-state index contributed by atoms with van der Waals surface area (Å²) in [5, 5.41) is 0. The lowest BCUT2D eigenvalue weighted by Gasteiger charge is -2.32. The van der Waals surface area contributed by atoms with Gasteiger partial charge >= 0.3 is 0 Å². The van der Waals surface area contributed by atoms with Gasteiger partial charge in [-0.15, -0.1) is 0 Å². The number of likely N-dealkylation sites (N-methyl/N-ethyl adjacent to an activating group) is 1. The van der Waals surface area contributed by atoms with E-state index in [1.165, 1.54) is 57.7 Å². The number of piperazine rings is 1. The Morgan fingerprint density at radius 3 is 2.26 bits per heavy atom. The van der Waals surface area contributed by atoms with Crippen molar-refractivity contribution >= 4 is 0 Å². The summed E-state index contributed by atoms with van der Waals surface area (Å²) >= 11 is 0. The lowest BCUT2D eigenvalue weighted by molar-refractivity contribution is 0.145. The van der Waals surface area contributed by atoms with Crippen molar-refractivity contribution in [2.45, 2.75) is 25.8 Å². The largest absolute Gasteiger partial charge is 0.494 e. The average molecular weight is 317 g/mol. The van der Waals surface area contributed by atoms with Gasteiger partial charge in [-0.05, 0) is 57.1 Å². The summed E-state index contributed by atoms with van der Waals surface area (Å²) in [5.41, 5.74) is 1.40. The van der Waals surface area contributed by atoms with Crippen molar-refractivity contribution in [3.8, 4) is 5.75 Å². The highest BCUT2D eigenvalue weighted by molar-refractivity contribution is 5.27. The van der Waals surface area contributed by atoms with Crippen LogP contribution in [0, 0.1) is 0 Å². The molecule has 0 aromatic heterocycles. The number of benzene rings is 1. The number of ether oxygens (including phenoxy) is 1. The number of likely N-dealkylation sites (tertiary alicyclic amines) is 1. The SMILES string of the molecule is CN1CCN(CCCOc2ccc(CN3CCCC3)cc2)CC1.